The minimum atomic E-state index is -0.0852. The van der Waals surface area contributed by atoms with Gasteiger partial charge in [-0.1, -0.05) is 66.2 Å². The minimum Gasteiger partial charge on any atom is -0.352 e. The van der Waals surface area contributed by atoms with E-state index in [4.69, 9.17) is 11.6 Å². The Bertz CT molecular complexity index is 1150. The Labute approximate surface area is 200 Å². The Morgan fingerprint density at radius 3 is 2.24 bits per heavy atom. The standard InChI is InChI=1S/C28H28ClN3O/c1-4-5-27(23-10-14-25(29)15-11-23)32-21(3)31-26-16-12-24(13-17-26)28(33)30-19-18-22-8-6-20(2)7-9-22/h4-17H,1,18-19H2,2-3H3,(H,30,33)(H,31,32)/b27-5-. The van der Waals surface area contributed by atoms with Crippen LogP contribution < -0.4 is 10.6 Å². The van der Waals surface area contributed by atoms with Crippen molar-refractivity contribution in [2.24, 2.45) is 4.99 Å². The molecule has 4 nitrogen and oxygen atoms in total. The van der Waals surface area contributed by atoms with E-state index in [1.165, 1.54) is 11.1 Å². The molecule has 1 amide bonds. The van der Waals surface area contributed by atoms with Crippen molar-refractivity contribution >= 4 is 34.7 Å². The van der Waals surface area contributed by atoms with E-state index in [0.29, 0.717) is 23.0 Å². The second-order valence-electron chi connectivity index (χ2n) is 7.69. The van der Waals surface area contributed by atoms with Crippen LogP contribution in [0, 0.1) is 6.92 Å². The molecule has 3 rings (SSSR count). The summed E-state index contributed by atoms with van der Waals surface area (Å²) in [5.41, 5.74) is 5.62. The highest BCUT2D eigenvalue weighted by Gasteiger charge is 2.06. The lowest BCUT2D eigenvalue weighted by molar-refractivity contribution is 0.0954. The average molecular weight is 458 g/mol. The van der Waals surface area contributed by atoms with E-state index >= 15 is 0 Å². The van der Waals surface area contributed by atoms with Crippen LogP contribution >= 0.6 is 11.6 Å². The topological polar surface area (TPSA) is 53.5 Å². The van der Waals surface area contributed by atoms with Crippen molar-refractivity contribution in [2.45, 2.75) is 20.3 Å². The van der Waals surface area contributed by atoms with E-state index in [-0.39, 0.29) is 5.91 Å². The maximum atomic E-state index is 12.4. The van der Waals surface area contributed by atoms with Crippen LogP contribution in [-0.2, 0) is 6.42 Å². The van der Waals surface area contributed by atoms with Crippen LogP contribution in [0.3, 0.4) is 0 Å². The molecule has 0 atom stereocenters. The number of carbonyl (C=O) groups excluding carboxylic acids is 1. The van der Waals surface area contributed by atoms with Crippen LogP contribution in [-0.4, -0.2) is 18.3 Å². The molecule has 0 bridgehead atoms. The fourth-order valence-electron chi connectivity index (χ4n) is 3.23. The first kappa shape index (κ1) is 24.0. The number of halogens is 1. The average Bonchev–Trinajstić information content (AvgIpc) is 2.81. The van der Waals surface area contributed by atoms with Gasteiger partial charge in [0.1, 0.15) is 5.84 Å². The number of anilines is 1. The van der Waals surface area contributed by atoms with E-state index in [0.717, 1.165) is 23.4 Å². The van der Waals surface area contributed by atoms with Gasteiger partial charge < -0.3 is 10.6 Å². The van der Waals surface area contributed by atoms with Crippen LogP contribution in [0.25, 0.3) is 5.70 Å². The zero-order chi connectivity index (χ0) is 23.6. The molecule has 168 valence electrons. The van der Waals surface area contributed by atoms with E-state index in [9.17, 15) is 4.79 Å². The zero-order valence-corrected chi connectivity index (χ0v) is 19.7. The molecule has 2 N–H and O–H groups in total. The number of allylic oxidation sites excluding steroid dienone is 2. The van der Waals surface area contributed by atoms with Gasteiger partial charge in [0.15, 0.2) is 0 Å². The fourth-order valence-corrected chi connectivity index (χ4v) is 3.36. The molecule has 0 saturated heterocycles. The molecule has 33 heavy (non-hydrogen) atoms. The molecule has 0 saturated carbocycles. The first-order chi connectivity index (χ1) is 15.9. The summed E-state index contributed by atoms with van der Waals surface area (Å²) >= 11 is 5.99. The Kier molecular flexibility index (Phi) is 8.62. The summed E-state index contributed by atoms with van der Waals surface area (Å²) in [5.74, 6) is 0.631. The predicted molar refractivity (Wildman–Crippen MR) is 140 cm³/mol. The van der Waals surface area contributed by atoms with Gasteiger partial charge in [0.2, 0.25) is 0 Å². The van der Waals surface area contributed by atoms with Gasteiger partial charge in [-0.3, -0.25) is 4.79 Å². The van der Waals surface area contributed by atoms with Crippen molar-refractivity contribution in [1.29, 1.82) is 0 Å². The number of rotatable bonds is 8. The number of nitrogens with zero attached hydrogens (tertiary/aromatic N) is 1. The van der Waals surface area contributed by atoms with Crippen LogP contribution in [0.4, 0.5) is 5.69 Å². The third kappa shape index (κ3) is 7.48. The normalized spacial score (nSPS) is 11.7. The fraction of sp³-hybridized carbons (Fsp3) is 0.143. The summed E-state index contributed by atoms with van der Waals surface area (Å²) in [4.78, 5) is 17.1. The summed E-state index contributed by atoms with van der Waals surface area (Å²) in [6, 6.07) is 23.2. The van der Waals surface area contributed by atoms with Gasteiger partial charge in [-0.25, -0.2) is 4.99 Å². The van der Waals surface area contributed by atoms with Crippen LogP contribution in [0.1, 0.15) is 34.0 Å². The van der Waals surface area contributed by atoms with E-state index in [2.05, 4.69) is 53.4 Å². The molecule has 0 unspecified atom stereocenters. The SMILES string of the molecule is C=C/C=C(\N=C(C)Nc1ccc(C(=O)NCCc2ccc(C)cc2)cc1)c1ccc(Cl)cc1. The van der Waals surface area contributed by atoms with Crippen LogP contribution in [0.15, 0.2) is 96.5 Å². The second kappa shape index (κ2) is 11.8. The Balaban J connectivity index is 1.57. The van der Waals surface area contributed by atoms with Crippen molar-refractivity contribution in [3.8, 4) is 0 Å². The maximum absolute atomic E-state index is 12.4. The number of hydrogen-bond acceptors (Lipinski definition) is 2. The van der Waals surface area contributed by atoms with Gasteiger partial charge in [-0.2, -0.15) is 0 Å². The lowest BCUT2D eigenvalue weighted by Gasteiger charge is -2.10. The molecule has 0 spiro atoms. The smallest absolute Gasteiger partial charge is 0.251 e. The lowest BCUT2D eigenvalue weighted by atomic mass is 10.1. The van der Waals surface area contributed by atoms with Gasteiger partial charge in [0.05, 0.1) is 5.70 Å². The molecular weight excluding hydrogens is 430 g/mol. The molecule has 0 radical (unpaired) electrons. The molecular formula is C28H28ClN3O. The van der Waals surface area contributed by atoms with Gasteiger partial charge >= 0.3 is 0 Å². The van der Waals surface area contributed by atoms with Gasteiger partial charge in [-0.15, -0.1) is 0 Å². The van der Waals surface area contributed by atoms with Gasteiger partial charge in [-0.05, 0) is 68.3 Å². The molecule has 0 fully saturated rings. The van der Waals surface area contributed by atoms with Crippen molar-refractivity contribution in [3.63, 3.8) is 0 Å². The molecule has 0 heterocycles. The number of hydrogen-bond donors (Lipinski definition) is 2. The molecule has 3 aromatic carbocycles. The first-order valence-corrected chi connectivity index (χ1v) is 11.2. The van der Waals surface area contributed by atoms with E-state index < -0.39 is 0 Å². The van der Waals surface area contributed by atoms with Crippen LogP contribution in [0.5, 0.6) is 0 Å². The highest BCUT2D eigenvalue weighted by Crippen LogP contribution is 2.20. The van der Waals surface area contributed by atoms with Gasteiger partial charge in [0.25, 0.3) is 5.91 Å². The summed E-state index contributed by atoms with van der Waals surface area (Å²) in [6.07, 6.45) is 4.35. The van der Waals surface area contributed by atoms with E-state index in [1.54, 1.807) is 18.2 Å². The summed E-state index contributed by atoms with van der Waals surface area (Å²) < 4.78 is 0. The third-order valence-electron chi connectivity index (χ3n) is 5.00. The number of amides is 1. The maximum Gasteiger partial charge on any atom is 0.251 e. The number of carbonyl (C=O) groups is 1. The second-order valence-corrected chi connectivity index (χ2v) is 8.12. The molecule has 5 heteroatoms. The number of aryl methyl sites for hydroxylation is 1. The lowest BCUT2D eigenvalue weighted by Crippen LogP contribution is -2.25. The number of aliphatic imine (C=N–C) groups is 1. The molecule has 0 aliphatic rings. The molecule has 0 aliphatic carbocycles. The third-order valence-corrected chi connectivity index (χ3v) is 5.25. The Morgan fingerprint density at radius 2 is 1.61 bits per heavy atom. The first-order valence-electron chi connectivity index (χ1n) is 10.8. The number of amidine groups is 1. The minimum absolute atomic E-state index is 0.0852. The summed E-state index contributed by atoms with van der Waals surface area (Å²) in [5, 5.41) is 6.92. The highest BCUT2D eigenvalue weighted by molar-refractivity contribution is 6.30. The van der Waals surface area contributed by atoms with E-state index in [1.807, 2.05) is 49.4 Å². The Hall–Kier alpha value is -3.63. The van der Waals surface area contributed by atoms with Crippen LogP contribution in [0.2, 0.25) is 5.02 Å². The highest BCUT2D eigenvalue weighted by atomic mass is 35.5. The molecule has 3 aromatic rings. The van der Waals surface area contributed by atoms with Crippen molar-refractivity contribution in [1.82, 2.24) is 5.32 Å². The largest absolute Gasteiger partial charge is 0.352 e. The predicted octanol–water partition coefficient (Wildman–Crippen LogP) is 6.68. The van der Waals surface area contributed by atoms with Crippen molar-refractivity contribution in [2.75, 3.05) is 11.9 Å². The molecule has 0 aromatic heterocycles. The zero-order valence-electron chi connectivity index (χ0n) is 18.9. The van der Waals surface area contributed by atoms with Gasteiger partial charge in [0, 0.05) is 28.4 Å². The monoisotopic (exact) mass is 457 g/mol. The number of nitrogens with one attached hydrogen (secondary N) is 2. The summed E-state index contributed by atoms with van der Waals surface area (Å²) in [7, 11) is 0. The number of benzene rings is 3. The van der Waals surface area contributed by atoms with Crippen molar-refractivity contribution in [3.05, 3.63) is 119 Å². The summed E-state index contributed by atoms with van der Waals surface area (Å²) in [6.45, 7) is 8.32. The quantitative estimate of drug-likeness (QED) is 0.225. The molecule has 0 aliphatic heterocycles. The Morgan fingerprint density at radius 1 is 0.970 bits per heavy atom. The van der Waals surface area contributed by atoms with Crippen molar-refractivity contribution < 1.29 is 4.79 Å².